The highest BCUT2D eigenvalue weighted by Gasteiger charge is 2.23. The Kier molecular flexibility index (Phi) is 8.75. The molecule has 0 atom stereocenters. The van der Waals surface area contributed by atoms with Crippen molar-refractivity contribution in [2.75, 3.05) is 0 Å². The molecule has 0 amide bonds. The molecular formula is C58H37N5. The largest absolute Gasteiger partial charge is 0.306 e. The maximum absolute atomic E-state index is 5.37. The number of pyridine rings is 1. The van der Waals surface area contributed by atoms with Crippen LogP contribution in [0.5, 0.6) is 0 Å². The van der Waals surface area contributed by atoms with E-state index in [9.17, 15) is 0 Å². The maximum atomic E-state index is 5.37. The summed E-state index contributed by atoms with van der Waals surface area (Å²) in [7, 11) is 0. The van der Waals surface area contributed by atoms with Crippen LogP contribution in [0.3, 0.4) is 0 Å². The molecule has 3 heterocycles. The number of aromatic nitrogens is 5. The van der Waals surface area contributed by atoms with Gasteiger partial charge in [-0.05, 0) is 51.9 Å². The molecule has 0 N–H and O–H groups in total. The maximum Gasteiger partial charge on any atom is 0.164 e. The van der Waals surface area contributed by atoms with E-state index in [1.54, 1.807) is 0 Å². The van der Waals surface area contributed by atoms with E-state index in [4.69, 9.17) is 19.9 Å². The van der Waals surface area contributed by atoms with Crippen LogP contribution in [0.25, 0.3) is 117 Å². The van der Waals surface area contributed by atoms with Gasteiger partial charge in [-0.1, -0.05) is 200 Å². The van der Waals surface area contributed by atoms with Gasteiger partial charge in [0.15, 0.2) is 17.5 Å². The third kappa shape index (κ3) is 6.34. The molecule has 0 saturated heterocycles. The highest BCUT2D eigenvalue weighted by atomic mass is 15.0. The van der Waals surface area contributed by atoms with Crippen molar-refractivity contribution in [3.63, 3.8) is 0 Å². The first kappa shape index (κ1) is 36.3. The number of rotatable bonds is 7. The number of nitrogens with zero attached hydrogens (tertiary/aromatic N) is 5. The summed E-state index contributed by atoms with van der Waals surface area (Å²) >= 11 is 0. The minimum absolute atomic E-state index is 0.608. The monoisotopic (exact) mass is 803 g/mol. The zero-order valence-electron chi connectivity index (χ0n) is 34.1. The SMILES string of the molecule is c1ccc(-c2ccc(-c3nc(-c4ccc(-c5ccccc5)cc4)nc(-c4ccc(-n5c6ccccc6c6c7ccccc7nc(-c7ccccc7)c65)c5ccccc45)n3)cc2)cc1. The number of hydrogen-bond donors (Lipinski definition) is 0. The molecule has 0 fully saturated rings. The normalized spacial score (nSPS) is 11.5. The van der Waals surface area contributed by atoms with E-state index >= 15 is 0 Å². The van der Waals surface area contributed by atoms with E-state index in [0.29, 0.717) is 17.5 Å². The molecule has 12 rings (SSSR count). The van der Waals surface area contributed by atoms with Crippen molar-refractivity contribution in [3.8, 4) is 73.4 Å². The quantitative estimate of drug-likeness (QED) is 0.161. The summed E-state index contributed by atoms with van der Waals surface area (Å²) in [6.07, 6.45) is 0. The average Bonchev–Trinajstić information content (AvgIpc) is 3.72. The molecule has 0 aliphatic heterocycles. The third-order valence-corrected chi connectivity index (χ3v) is 12.1. The van der Waals surface area contributed by atoms with Gasteiger partial charge in [-0.25, -0.2) is 19.9 Å². The van der Waals surface area contributed by atoms with Crippen LogP contribution in [0, 0.1) is 0 Å². The van der Waals surface area contributed by atoms with Crippen LogP contribution in [0.2, 0.25) is 0 Å². The summed E-state index contributed by atoms with van der Waals surface area (Å²) in [6.45, 7) is 0. The Morgan fingerprint density at radius 3 is 1.33 bits per heavy atom. The summed E-state index contributed by atoms with van der Waals surface area (Å²) in [5, 5.41) is 5.61. The van der Waals surface area contributed by atoms with Crippen molar-refractivity contribution in [1.82, 2.24) is 24.5 Å². The summed E-state index contributed by atoms with van der Waals surface area (Å²) in [4.78, 5) is 21.0. The Morgan fingerprint density at radius 2 is 0.730 bits per heavy atom. The fraction of sp³-hybridized carbons (Fsp3) is 0. The van der Waals surface area contributed by atoms with Crippen molar-refractivity contribution in [3.05, 3.63) is 224 Å². The van der Waals surface area contributed by atoms with Gasteiger partial charge in [0, 0.05) is 43.8 Å². The summed E-state index contributed by atoms with van der Waals surface area (Å²) in [5.41, 5.74) is 13.6. The standard InChI is InChI=1S/C58H37N5/c1-4-16-38(17-5-1)40-28-32-43(33-29-40)56-60-57(44-34-30-41(31-35-44)39-18-6-2-7-19-39)62-58(61-56)47-36-37-52(46-23-11-10-22-45(46)47)63-51-27-15-13-25-49(51)53-48-24-12-14-26-50(48)59-54(55(53)63)42-20-8-3-9-21-42/h1-37H. The molecule has 0 bridgehead atoms. The van der Waals surface area contributed by atoms with Crippen LogP contribution in [-0.2, 0) is 0 Å². The lowest BCUT2D eigenvalue weighted by atomic mass is 10.0. The van der Waals surface area contributed by atoms with Gasteiger partial charge in [-0.2, -0.15) is 0 Å². The molecule has 0 radical (unpaired) electrons. The molecule has 9 aromatic carbocycles. The van der Waals surface area contributed by atoms with Crippen LogP contribution >= 0.6 is 0 Å². The van der Waals surface area contributed by atoms with Crippen LogP contribution in [-0.4, -0.2) is 24.5 Å². The van der Waals surface area contributed by atoms with Gasteiger partial charge in [-0.3, -0.25) is 0 Å². The molecular weight excluding hydrogens is 767 g/mol. The predicted molar refractivity (Wildman–Crippen MR) is 260 cm³/mol. The first-order valence-electron chi connectivity index (χ1n) is 21.2. The third-order valence-electron chi connectivity index (χ3n) is 12.1. The lowest BCUT2D eigenvalue weighted by Crippen LogP contribution is -2.02. The Bertz CT molecular complexity index is 3540. The van der Waals surface area contributed by atoms with Gasteiger partial charge in [0.25, 0.3) is 0 Å². The van der Waals surface area contributed by atoms with Crippen LogP contribution in [0.15, 0.2) is 224 Å². The predicted octanol–water partition coefficient (Wildman–Crippen LogP) is 14.7. The molecule has 5 heteroatoms. The average molecular weight is 804 g/mol. The van der Waals surface area contributed by atoms with E-state index in [1.807, 2.05) is 12.1 Å². The molecule has 63 heavy (non-hydrogen) atoms. The molecule has 294 valence electrons. The Labute approximate surface area is 364 Å². The molecule has 0 aliphatic rings. The minimum atomic E-state index is 0.608. The zero-order valence-corrected chi connectivity index (χ0v) is 34.1. The number of para-hydroxylation sites is 2. The molecule has 0 spiro atoms. The Balaban J connectivity index is 1.07. The summed E-state index contributed by atoms with van der Waals surface area (Å²) in [6, 6.07) is 78.5. The van der Waals surface area contributed by atoms with Crippen LogP contribution < -0.4 is 0 Å². The smallest absolute Gasteiger partial charge is 0.164 e. The van der Waals surface area contributed by atoms with Gasteiger partial charge < -0.3 is 4.57 Å². The molecule has 0 saturated carbocycles. The molecule has 5 nitrogen and oxygen atoms in total. The van der Waals surface area contributed by atoms with Crippen LogP contribution in [0.1, 0.15) is 0 Å². The second-order valence-corrected chi connectivity index (χ2v) is 15.8. The molecule has 0 unspecified atom stereocenters. The van der Waals surface area contributed by atoms with Gasteiger partial charge in [0.2, 0.25) is 0 Å². The fourth-order valence-corrected chi connectivity index (χ4v) is 9.05. The van der Waals surface area contributed by atoms with Crippen molar-refractivity contribution < 1.29 is 0 Å². The van der Waals surface area contributed by atoms with Crippen LogP contribution in [0.4, 0.5) is 0 Å². The highest BCUT2D eigenvalue weighted by molar-refractivity contribution is 6.24. The Hall–Kier alpha value is -8.54. The second-order valence-electron chi connectivity index (χ2n) is 15.8. The number of fused-ring (bicyclic) bond motifs is 6. The molecule has 0 aliphatic carbocycles. The van der Waals surface area contributed by atoms with Crippen molar-refractivity contribution >= 4 is 43.5 Å². The highest BCUT2D eigenvalue weighted by Crippen LogP contribution is 2.43. The van der Waals surface area contributed by atoms with Gasteiger partial charge in [0.1, 0.15) is 0 Å². The van der Waals surface area contributed by atoms with Crippen molar-refractivity contribution in [2.45, 2.75) is 0 Å². The fourth-order valence-electron chi connectivity index (χ4n) is 9.05. The van der Waals surface area contributed by atoms with Crippen molar-refractivity contribution in [2.24, 2.45) is 0 Å². The lowest BCUT2D eigenvalue weighted by Gasteiger charge is -2.16. The minimum Gasteiger partial charge on any atom is -0.306 e. The number of benzene rings is 9. The topological polar surface area (TPSA) is 56.5 Å². The van der Waals surface area contributed by atoms with Gasteiger partial charge in [0.05, 0.1) is 27.9 Å². The zero-order chi connectivity index (χ0) is 41.7. The first-order valence-corrected chi connectivity index (χ1v) is 21.2. The van der Waals surface area contributed by atoms with Gasteiger partial charge in [-0.15, -0.1) is 0 Å². The number of hydrogen-bond acceptors (Lipinski definition) is 4. The first-order chi connectivity index (χ1) is 31.2. The van der Waals surface area contributed by atoms with E-state index < -0.39 is 0 Å². The molecule has 3 aromatic heterocycles. The summed E-state index contributed by atoms with van der Waals surface area (Å²) in [5.74, 6) is 1.84. The van der Waals surface area contributed by atoms with E-state index in [1.165, 1.54) is 10.8 Å². The molecule has 12 aromatic rings. The Morgan fingerprint density at radius 1 is 0.286 bits per heavy atom. The second kappa shape index (κ2) is 15.2. The summed E-state index contributed by atoms with van der Waals surface area (Å²) < 4.78 is 2.41. The van der Waals surface area contributed by atoms with E-state index in [2.05, 4.69) is 217 Å². The van der Waals surface area contributed by atoms with E-state index in [0.717, 1.165) is 88.6 Å². The van der Waals surface area contributed by atoms with Crippen molar-refractivity contribution in [1.29, 1.82) is 0 Å². The lowest BCUT2D eigenvalue weighted by molar-refractivity contribution is 1.08. The van der Waals surface area contributed by atoms with E-state index in [-0.39, 0.29) is 0 Å². The van der Waals surface area contributed by atoms with Gasteiger partial charge >= 0.3 is 0 Å².